The van der Waals surface area contributed by atoms with Gasteiger partial charge in [0.1, 0.15) is 0 Å². The van der Waals surface area contributed by atoms with E-state index in [2.05, 4.69) is 34.9 Å². The van der Waals surface area contributed by atoms with Crippen LogP contribution in [0.3, 0.4) is 0 Å². The zero-order valence-electron chi connectivity index (χ0n) is 17.8. The molecular weight excluding hydrogens is 370 g/mol. The first-order valence-corrected chi connectivity index (χ1v) is 11.2. The monoisotopic (exact) mass is 401 g/mol. The van der Waals surface area contributed by atoms with E-state index in [9.17, 15) is 4.79 Å². The van der Waals surface area contributed by atoms with Crippen molar-refractivity contribution in [3.05, 3.63) is 71.8 Å². The Morgan fingerprint density at radius 1 is 1.03 bits per heavy atom. The second-order valence-electron chi connectivity index (χ2n) is 8.14. The van der Waals surface area contributed by atoms with E-state index in [1.54, 1.807) is 6.08 Å². The molecule has 2 heterocycles. The molecular formula is C26H31N3O. The lowest BCUT2D eigenvalue weighted by molar-refractivity contribution is -0.115. The van der Waals surface area contributed by atoms with E-state index in [0.717, 1.165) is 48.8 Å². The Balaban J connectivity index is 1.61. The molecule has 0 saturated carbocycles. The number of hydrogen-bond donors (Lipinski definition) is 0. The van der Waals surface area contributed by atoms with Crippen LogP contribution >= 0.6 is 0 Å². The first-order valence-electron chi connectivity index (χ1n) is 11.2. The maximum atomic E-state index is 13.0. The fourth-order valence-corrected chi connectivity index (χ4v) is 4.43. The summed E-state index contributed by atoms with van der Waals surface area (Å²) in [6.07, 6.45) is 8.86. The quantitative estimate of drug-likeness (QED) is 0.591. The molecule has 0 bridgehead atoms. The molecule has 0 amide bonds. The summed E-state index contributed by atoms with van der Waals surface area (Å²) in [7, 11) is 0. The molecule has 4 rings (SSSR count). The van der Waals surface area contributed by atoms with Crippen LogP contribution in [0.1, 0.15) is 56.2 Å². The third-order valence-electron chi connectivity index (χ3n) is 5.91. The van der Waals surface area contributed by atoms with Crippen LogP contribution in [0.25, 0.3) is 6.08 Å². The van der Waals surface area contributed by atoms with E-state index in [1.165, 1.54) is 19.3 Å². The van der Waals surface area contributed by atoms with Gasteiger partial charge in [0.15, 0.2) is 5.78 Å². The summed E-state index contributed by atoms with van der Waals surface area (Å²) in [6, 6.07) is 18.4. The highest BCUT2D eigenvalue weighted by Gasteiger charge is 2.33. The lowest BCUT2D eigenvalue weighted by Crippen LogP contribution is -2.49. The number of hydrogen-bond acceptors (Lipinski definition) is 4. The summed E-state index contributed by atoms with van der Waals surface area (Å²) in [5.41, 5.74) is 3.22. The zero-order valence-corrected chi connectivity index (χ0v) is 17.8. The molecule has 0 radical (unpaired) electrons. The van der Waals surface area contributed by atoms with E-state index in [4.69, 9.17) is 4.99 Å². The van der Waals surface area contributed by atoms with Gasteiger partial charge in [0.05, 0.1) is 11.7 Å². The van der Waals surface area contributed by atoms with Crippen LogP contribution in [0.4, 0.5) is 5.69 Å². The molecule has 2 aromatic carbocycles. The van der Waals surface area contributed by atoms with Crippen LogP contribution in [0.2, 0.25) is 0 Å². The smallest absolute Gasteiger partial charge is 0.202 e. The van der Waals surface area contributed by atoms with Gasteiger partial charge in [0.2, 0.25) is 5.96 Å². The maximum absolute atomic E-state index is 13.0. The average molecular weight is 402 g/mol. The number of fused-ring (bicyclic) bond motifs is 1. The van der Waals surface area contributed by atoms with E-state index >= 15 is 0 Å². The number of nitrogens with zero attached hydrogens (tertiary/aromatic N) is 3. The molecule has 4 nitrogen and oxygen atoms in total. The highest BCUT2D eigenvalue weighted by Crippen LogP contribution is 2.38. The predicted molar refractivity (Wildman–Crippen MR) is 124 cm³/mol. The molecule has 156 valence electrons. The lowest BCUT2D eigenvalue weighted by Gasteiger charge is -2.43. The molecule has 1 atom stereocenters. The van der Waals surface area contributed by atoms with Crippen LogP contribution in [0.5, 0.6) is 0 Å². The van der Waals surface area contributed by atoms with Crippen molar-refractivity contribution in [2.75, 3.05) is 19.6 Å². The number of guanidine groups is 1. The summed E-state index contributed by atoms with van der Waals surface area (Å²) < 4.78 is 0. The van der Waals surface area contributed by atoms with Crippen molar-refractivity contribution in [1.29, 1.82) is 0 Å². The average Bonchev–Trinajstić information content (AvgIpc) is 2.80. The van der Waals surface area contributed by atoms with Gasteiger partial charge in [-0.3, -0.25) is 4.79 Å². The summed E-state index contributed by atoms with van der Waals surface area (Å²) in [5, 5.41) is 0. The van der Waals surface area contributed by atoms with Gasteiger partial charge < -0.3 is 9.80 Å². The molecule has 0 N–H and O–H groups in total. The summed E-state index contributed by atoms with van der Waals surface area (Å²) in [6.45, 7) is 5.21. The largest absolute Gasteiger partial charge is 0.343 e. The van der Waals surface area contributed by atoms with Gasteiger partial charge in [-0.25, -0.2) is 4.99 Å². The van der Waals surface area contributed by atoms with Gasteiger partial charge in [-0.15, -0.1) is 0 Å². The Labute approximate surface area is 179 Å². The molecule has 0 aliphatic carbocycles. The molecule has 4 heteroatoms. The maximum Gasteiger partial charge on any atom is 0.202 e. The van der Waals surface area contributed by atoms with E-state index < -0.39 is 0 Å². The molecule has 1 saturated heterocycles. The minimum atomic E-state index is 0.0310. The number of likely N-dealkylation sites (tertiary alicyclic amines) is 1. The first kappa shape index (κ1) is 20.4. The number of ketones is 1. The number of piperidine rings is 1. The van der Waals surface area contributed by atoms with E-state index in [1.807, 2.05) is 42.5 Å². The Bertz CT molecular complexity index is 913. The van der Waals surface area contributed by atoms with Crippen molar-refractivity contribution >= 4 is 23.5 Å². The van der Waals surface area contributed by atoms with Gasteiger partial charge in [-0.05, 0) is 43.4 Å². The van der Waals surface area contributed by atoms with Gasteiger partial charge in [-0.1, -0.05) is 61.5 Å². The fourth-order valence-electron chi connectivity index (χ4n) is 4.43. The molecule has 2 aliphatic rings. The molecule has 2 aliphatic heterocycles. The highest BCUT2D eigenvalue weighted by atomic mass is 16.1. The van der Waals surface area contributed by atoms with Crippen molar-refractivity contribution in [2.24, 2.45) is 4.99 Å². The van der Waals surface area contributed by atoms with Crippen molar-refractivity contribution in [3.8, 4) is 0 Å². The Morgan fingerprint density at radius 3 is 2.53 bits per heavy atom. The van der Waals surface area contributed by atoms with Crippen molar-refractivity contribution in [3.63, 3.8) is 0 Å². The third kappa shape index (κ3) is 4.64. The predicted octanol–water partition coefficient (Wildman–Crippen LogP) is 5.60. The number of carbonyl (C=O) groups excluding carboxylic acids is 1. The van der Waals surface area contributed by atoms with Crippen LogP contribution in [-0.2, 0) is 4.79 Å². The molecule has 0 spiro atoms. The minimum absolute atomic E-state index is 0.0310. The summed E-state index contributed by atoms with van der Waals surface area (Å²) in [5.74, 6) is 1.21. The van der Waals surface area contributed by atoms with Crippen LogP contribution < -0.4 is 0 Å². The second kappa shape index (κ2) is 9.75. The van der Waals surface area contributed by atoms with Crippen molar-refractivity contribution in [1.82, 2.24) is 9.80 Å². The fraction of sp³-hybridized carbons (Fsp3) is 0.385. The van der Waals surface area contributed by atoms with Gasteiger partial charge in [0.25, 0.3) is 0 Å². The molecule has 30 heavy (non-hydrogen) atoms. The SMILES string of the molecule is CCCN1C(N2CCCCC2)=Nc2ccccc2C1CC(=O)/C=C/c1ccccc1. The number of rotatable bonds is 6. The van der Waals surface area contributed by atoms with E-state index in [0.29, 0.717) is 6.42 Å². The topological polar surface area (TPSA) is 35.9 Å². The minimum Gasteiger partial charge on any atom is -0.343 e. The number of carbonyl (C=O) groups is 1. The molecule has 1 fully saturated rings. The standard InChI is InChI=1S/C26H31N3O/c1-2-17-29-25(20-22(30)16-15-21-11-5-3-6-12-21)23-13-7-8-14-24(23)27-26(29)28-18-9-4-10-19-28/h3,5-8,11-16,25H,2,4,9-10,17-20H2,1H3/b16-15+. The van der Waals surface area contributed by atoms with Crippen LogP contribution in [0, 0.1) is 0 Å². The van der Waals surface area contributed by atoms with Crippen molar-refractivity contribution in [2.45, 2.75) is 45.1 Å². The number of aliphatic imine (C=N–C) groups is 1. The van der Waals surface area contributed by atoms with E-state index in [-0.39, 0.29) is 11.8 Å². The number of benzene rings is 2. The van der Waals surface area contributed by atoms with Gasteiger partial charge >= 0.3 is 0 Å². The van der Waals surface area contributed by atoms with Gasteiger partial charge in [0, 0.05) is 31.6 Å². The highest BCUT2D eigenvalue weighted by molar-refractivity contribution is 5.95. The third-order valence-corrected chi connectivity index (χ3v) is 5.91. The molecule has 0 aromatic heterocycles. The Kier molecular flexibility index (Phi) is 6.63. The molecule has 1 unspecified atom stereocenters. The van der Waals surface area contributed by atoms with Crippen LogP contribution in [-0.4, -0.2) is 41.2 Å². The Hall–Kier alpha value is -2.88. The number of allylic oxidation sites excluding steroid dienone is 1. The Morgan fingerprint density at radius 2 is 1.77 bits per heavy atom. The summed E-state index contributed by atoms with van der Waals surface area (Å²) >= 11 is 0. The first-order chi connectivity index (χ1) is 14.8. The van der Waals surface area contributed by atoms with Crippen LogP contribution in [0.15, 0.2) is 65.7 Å². The lowest BCUT2D eigenvalue weighted by atomic mass is 9.95. The molecule has 2 aromatic rings. The normalized spacial score (nSPS) is 19.0. The van der Waals surface area contributed by atoms with Gasteiger partial charge in [-0.2, -0.15) is 0 Å². The number of para-hydroxylation sites is 1. The zero-order chi connectivity index (χ0) is 20.8. The second-order valence-corrected chi connectivity index (χ2v) is 8.14. The summed E-state index contributed by atoms with van der Waals surface area (Å²) in [4.78, 5) is 22.8. The van der Waals surface area contributed by atoms with Crippen molar-refractivity contribution < 1.29 is 4.79 Å².